The molecule has 0 aliphatic rings. The van der Waals surface area contributed by atoms with E-state index in [1.165, 1.54) is 12.8 Å². The van der Waals surface area contributed by atoms with Gasteiger partial charge >= 0.3 is 0 Å². The van der Waals surface area contributed by atoms with Crippen molar-refractivity contribution in [3.05, 3.63) is 0 Å². The second kappa shape index (κ2) is 13.0. The van der Waals surface area contributed by atoms with Crippen LogP contribution in [0.4, 0.5) is 0 Å². The van der Waals surface area contributed by atoms with E-state index in [1.54, 1.807) is 0 Å². The molecule has 0 aromatic carbocycles. The van der Waals surface area contributed by atoms with Crippen molar-refractivity contribution in [1.29, 1.82) is 0 Å². The SMILES string of the molecule is CC.CCC.CCN(C)C(C)(C)CC. The van der Waals surface area contributed by atoms with Crippen LogP contribution >= 0.6 is 0 Å². The normalized spacial score (nSPS) is 9.86. The Morgan fingerprint density at radius 2 is 1.21 bits per heavy atom. The smallest absolute Gasteiger partial charge is 0.0147 e. The van der Waals surface area contributed by atoms with Crippen LogP contribution in [0.2, 0.25) is 0 Å². The fourth-order valence-electron chi connectivity index (χ4n) is 0.698. The average Bonchev–Trinajstić information content (AvgIpc) is 2.20. The molecule has 0 radical (unpaired) electrons. The lowest BCUT2D eigenvalue weighted by Gasteiger charge is -2.33. The maximum atomic E-state index is 2.37. The van der Waals surface area contributed by atoms with Gasteiger partial charge in [-0.05, 0) is 33.9 Å². The minimum atomic E-state index is 0.384. The van der Waals surface area contributed by atoms with Crippen molar-refractivity contribution in [2.24, 2.45) is 0 Å². The Kier molecular flexibility index (Phi) is 18.1. The summed E-state index contributed by atoms with van der Waals surface area (Å²) >= 11 is 0. The van der Waals surface area contributed by atoms with E-state index in [0.717, 1.165) is 6.54 Å². The Balaban J connectivity index is -0.000000205. The third-order valence-corrected chi connectivity index (χ3v) is 2.37. The van der Waals surface area contributed by atoms with Crippen molar-refractivity contribution in [2.75, 3.05) is 13.6 Å². The van der Waals surface area contributed by atoms with Crippen molar-refractivity contribution in [1.82, 2.24) is 4.90 Å². The van der Waals surface area contributed by atoms with Gasteiger partial charge in [0.1, 0.15) is 0 Å². The van der Waals surface area contributed by atoms with Gasteiger partial charge in [0.15, 0.2) is 0 Å². The molecule has 0 unspecified atom stereocenters. The molecule has 0 fully saturated rings. The van der Waals surface area contributed by atoms with Gasteiger partial charge in [0.25, 0.3) is 0 Å². The van der Waals surface area contributed by atoms with Gasteiger partial charge in [0, 0.05) is 5.54 Å². The maximum Gasteiger partial charge on any atom is 0.0147 e. The highest BCUT2D eigenvalue weighted by Crippen LogP contribution is 2.14. The molecule has 0 N–H and O–H groups in total. The van der Waals surface area contributed by atoms with Crippen LogP contribution in [0.1, 0.15) is 68.2 Å². The summed E-state index contributed by atoms with van der Waals surface area (Å²) in [6, 6.07) is 0. The van der Waals surface area contributed by atoms with E-state index >= 15 is 0 Å². The van der Waals surface area contributed by atoms with Gasteiger partial charge in [-0.15, -0.1) is 0 Å². The van der Waals surface area contributed by atoms with Crippen molar-refractivity contribution in [2.45, 2.75) is 73.8 Å². The standard InChI is InChI=1S/C8H19N.C3H8.C2H6/c1-6-8(3,4)9(5)7-2;1-3-2;1-2/h6-7H2,1-5H3;3H2,1-2H3;1-2H3. The molecule has 0 spiro atoms. The van der Waals surface area contributed by atoms with Crippen LogP contribution in [0.3, 0.4) is 0 Å². The lowest BCUT2D eigenvalue weighted by molar-refractivity contribution is 0.159. The summed E-state index contributed by atoms with van der Waals surface area (Å²) in [4.78, 5) is 2.37. The minimum absolute atomic E-state index is 0.384. The third-order valence-electron chi connectivity index (χ3n) is 2.37. The highest BCUT2D eigenvalue weighted by molar-refractivity contribution is 4.75. The molecule has 0 aromatic heterocycles. The molecule has 90 valence electrons. The summed E-state index contributed by atoms with van der Waals surface area (Å²) < 4.78 is 0. The van der Waals surface area contributed by atoms with Gasteiger partial charge in [-0.25, -0.2) is 0 Å². The highest BCUT2D eigenvalue weighted by Gasteiger charge is 2.18. The Hall–Kier alpha value is -0.0400. The summed E-state index contributed by atoms with van der Waals surface area (Å²) in [7, 11) is 2.17. The first-order chi connectivity index (χ1) is 6.46. The first-order valence-corrected chi connectivity index (χ1v) is 6.17. The monoisotopic (exact) mass is 203 g/mol. The zero-order chi connectivity index (χ0) is 12.2. The van der Waals surface area contributed by atoms with E-state index in [4.69, 9.17) is 0 Å². The summed E-state index contributed by atoms with van der Waals surface area (Å²) in [6.07, 6.45) is 2.47. The lowest BCUT2D eigenvalue weighted by Crippen LogP contribution is -2.40. The van der Waals surface area contributed by atoms with Gasteiger partial charge in [0.2, 0.25) is 0 Å². The zero-order valence-electron chi connectivity index (χ0n) is 12.1. The molecular weight excluding hydrogens is 170 g/mol. The van der Waals surface area contributed by atoms with E-state index in [0.29, 0.717) is 5.54 Å². The van der Waals surface area contributed by atoms with E-state index in [2.05, 4.69) is 53.5 Å². The Morgan fingerprint density at radius 3 is 1.29 bits per heavy atom. The lowest BCUT2D eigenvalue weighted by atomic mass is 10.0. The van der Waals surface area contributed by atoms with Gasteiger partial charge in [-0.1, -0.05) is 48.0 Å². The van der Waals surface area contributed by atoms with E-state index in [9.17, 15) is 0 Å². The van der Waals surface area contributed by atoms with Crippen molar-refractivity contribution in [3.63, 3.8) is 0 Å². The van der Waals surface area contributed by atoms with E-state index in [-0.39, 0.29) is 0 Å². The molecule has 1 nitrogen and oxygen atoms in total. The molecule has 0 heterocycles. The molecule has 0 aliphatic carbocycles. The Labute approximate surface area is 92.9 Å². The van der Waals surface area contributed by atoms with E-state index < -0.39 is 0 Å². The molecule has 0 bridgehead atoms. The molecule has 0 aromatic rings. The molecule has 0 rings (SSSR count). The summed E-state index contributed by atoms with van der Waals surface area (Å²) in [5.41, 5.74) is 0.384. The van der Waals surface area contributed by atoms with Crippen molar-refractivity contribution < 1.29 is 0 Å². The molecule has 0 aliphatic heterocycles. The number of nitrogens with zero attached hydrogens (tertiary/aromatic N) is 1. The maximum absolute atomic E-state index is 2.37. The number of rotatable bonds is 3. The van der Waals surface area contributed by atoms with Gasteiger partial charge < -0.3 is 4.90 Å². The van der Waals surface area contributed by atoms with Crippen LogP contribution in [0.25, 0.3) is 0 Å². The molecule has 0 saturated carbocycles. The predicted molar refractivity (Wildman–Crippen MR) is 70.0 cm³/mol. The fourth-order valence-corrected chi connectivity index (χ4v) is 0.698. The van der Waals surface area contributed by atoms with Crippen molar-refractivity contribution >= 4 is 0 Å². The van der Waals surface area contributed by atoms with E-state index in [1.807, 2.05) is 13.8 Å². The second-order valence-electron chi connectivity index (χ2n) is 3.89. The topological polar surface area (TPSA) is 3.24 Å². The molecular formula is C13H33N. The van der Waals surface area contributed by atoms with Gasteiger partial charge in [-0.3, -0.25) is 0 Å². The summed E-state index contributed by atoms with van der Waals surface area (Å²) in [6.45, 7) is 18.4. The van der Waals surface area contributed by atoms with Crippen LogP contribution < -0.4 is 0 Å². The summed E-state index contributed by atoms with van der Waals surface area (Å²) in [5, 5.41) is 0. The molecule has 14 heavy (non-hydrogen) atoms. The second-order valence-corrected chi connectivity index (χ2v) is 3.89. The quantitative estimate of drug-likeness (QED) is 0.649. The number of hydrogen-bond donors (Lipinski definition) is 0. The highest BCUT2D eigenvalue weighted by atomic mass is 15.1. The third kappa shape index (κ3) is 12.0. The van der Waals surface area contributed by atoms with Gasteiger partial charge in [-0.2, -0.15) is 0 Å². The predicted octanol–water partition coefficient (Wildman–Crippen LogP) is 4.57. The zero-order valence-corrected chi connectivity index (χ0v) is 12.1. The molecule has 1 heteroatoms. The van der Waals surface area contributed by atoms with Crippen molar-refractivity contribution in [3.8, 4) is 0 Å². The average molecular weight is 203 g/mol. The van der Waals surface area contributed by atoms with Crippen LogP contribution in [0.15, 0.2) is 0 Å². The summed E-state index contributed by atoms with van der Waals surface area (Å²) in [5.74, 6) is 0. The Morgan fingerprint density at radius 1 is 0.929 bits per heavy atom. The molecule has 0 amide bonds. The minimum Gasteiger partial charge on any atom is -0.302 e. The first kappa shape index (κ1) is 19.5. The first-order valence-electron chi connectivity index (χ1n) is 6.17. The largest absolute Gasteiger partial charge is 0.302 e. The molecule has 0 atom stereocenters. The van der Waals surface area contributed by atoms with Crippen LogP contribution in [0, 0.1) is 0 Å². The number of hydrogen-bond acceptors (Lipinski definition) is 1. The van der Waals surface area contributed by atoms with Crippen LogP contribution in [-0.2, 0) is 0 Å². The van der Waals surface area contributed by atoms with Crippen LogP contribution in [-0.4, -0.2) is 24.0 Å². The van der Waals surface area contributed by atoms with Gasteiger partial charge in [0.05, 0.1) is 0 Å². The molecule has 0 saturated heterocycles. The van der Waals surface area contributed by atoms with Crippen LogP contribution in [0.5, 0.6) is 0 Å². The Bertz CT molecular complexity index is 87.2. The fraction of sp³-hybridized carbons (Fsp3) is 1.00.